The van der Waals surface area contributed by atoms with Crippen molar-refractivity contribution in [3.05, 3.63) is 62.7 Å². The Morgan fingerprint density at radius 1 is 1.24 bits per heavy atom. The molecule has 0 unspecified atom stereocenters. The first-order valence-corrected chi connectivity index (χ1v) is 5.31. The summed E-state index contributed by atoms with van der Waals surface area (Å²) >= 11 is 0. The van der Waals surface area contributed by atoms with Crippen LogP contribution in [0.4, 0.5) is 5.69 Å². The van der Waals surface area contributed by atoms with Crippen molar-refractivity contribution in [1.29, 1.82) is 0 Å². The Kier molecular flexibility index (Phi) is 1.92. The summed E-state index contributed by atoms with van der Waals surface area (Å²) in [4.78, 5) is 10.3. The van der Waals surface area contributed by atoms with Gasteiger partial charge in [0.2, 0.25) is 0 Å². The van der Waals surface area contributed by atoms with Gasteiger partial charge in [0.05, 0.1) is 4.92 Å². The molecule has 0 aliphatic heterocycles. The third-order valence-electron chi connectivity index (χ3n) is 3.10. The lowest BCUT2D eigenvalue weighted by molar-refractivity contribution is -0.385. The maximum atomic E-state index is 10.7. The second kappa shape index (κ2) is 3.31. The van der Waals surface area contributed by atoms with E-state index >= 15 is 0 Å². The molecule has 1 atom stereocenters. The van der Waals surface area contributed by atoms with E-state index in [1.165, 1.54) is 6.07 Å². The molecule has 4 nitrogen and oxygen atoms in total. The molecule has 2 aliphatic carbocycles. The fourth-order valence-corrected chi connectivity index (χ4v) is 2.31. The Labute approximate surface area is 97.2 Å². The molecule has 0 fully saturated rings. The van der Waals surface area contributed by atoms with Gasteiger partial charge >= 0.3 is 0 Å². The zero-order valence-electron chi connectivity index (χ0n) is 8.96. The molecule has 1 aromatic rings. The van der Waals surface area contributed by atoms with Gasteiger partial charge in [0.15, 0.2) is 0 Å². The predicted octanol–water partition coefficient (Wildman–Crippen LogP) is 0.568. The van der Waals surface area contributed by atoms with Crippen LogP contribution in [-0.4, -0.2) is 4.92 Å². The van der Waals surface area contributed by atoms with Crippen molar-refractivity contribution >= 4 is 17.3 Å². The van der Waals surface area contributed by atoms with E-state index in [4.69, 9.17) is 5.73 Å². The Balaban J connectivity index is 2.26. The minimum Gasteiger partial charge on any atom is -0.399 e. The molecule has 0 saturated heterocycles. The van der Waals surface area contributed by atoms with Gasteiger partial charge in [-0.1, -0.05) is 18.2 Å². The number of allylic oxidation sites excluding steroid dienone is 3. The molecule has 0 spiro atoms. The van der Waals surface area contributed by atoms with Crippen LogP contribution in [0.1, 0.15) is 0 Å². The normalized spacial score (nSPS) is 20.4. The topological polar surface area (TPSA) is 69.2 Å². The van der Waals surface area contributed by atoms with Crippen molar-refractivity contribution in [3.8, 4) is 0 Å². The van der Waals surface area contributed by atoms with Crippen LogP contribution in [0.15, 0.2) is 42.1 Å². The molecule has 4 heteroatoms. The van der Waals surface area contributed by atoms with Gasteiger partial charge in [0.25, 0.3) is 5.69 Å². The van der Waals surface area contributed by atoms with E-state index < -0.39 is 0 Å². The molecule has 0 aromatic heterocycles. The smallest absolute Gasteiger partial charge is 0.270 e. The van der Waals surface area contributed by atoms with E-state index in [1.54, 1.807) is 12.1 Å². The lowest BCUT2D eigenvalue weighted by Gasteiger charge is -2.11. The highest BCUT2D eigenvalue weighted by molar-refractivity contribution is 5.75. The van der Waals surface area contributed by atoms with E-state index in [1.807, 2.05) is 24.3 Å². The molecule has 1 aromatic carbocycles. The van der Waals surface area contributed by atoms with Gasteiger partial charge in [-0.3, -0.25) is 10.1 Å². The average Bonchev–Trinajstić information content (AvgIpc) is 2.64. The van der Waals surface area contributed by atoms with Crippen LogP contribution in [0.5, 0.6) is 0 Å². The minimum absolute atomic E-state index is 0.125. The summed E-state index contributed by atoms with van der Waals surface area (Å²) in [5, 5.41) is 12.7. The molecule has 0 bridgehead atoms. The first kappa shape index (κ1) is 9.84. The minimum atomic E-state index is -0.374. The number of rotatable bonds is 1. The van der Waals surface area contributed by atoms with Crippen molar-refractivity contribution in [1.82, 2.24) is 0 Å². The number of nitro groups is 1. The fourth-order valence-electron chi connectivity index (χ4n) is 2.31. The van der Waals surface area contributed by atoms with Gasteiger partial charge in [-0.15, -0.1) is 0 Å². The number of hydrogen-bond acceptors (Lipinski definition) is 3. The molecule has 2 N–H and O–H groups in total. The van der Waals surface area contributed by atoms with Gasteiger partial charge in [-0.25, -0.2) is 0 Å². The first-order valence-electron chi connectivity index (χ1n) is 5.31. The monoisotopic (exact) mass is 226 g/mol. The summed E-state index contributed by atoms with van der Waals surface area (Å²) in [7, 11) is 0. The highest BCUT2D eigenvalue weighted by atomic mass is 16.6. The van der Waals surface area contributed by atoms with Crippen molar-refractivity contribution in [2.45, 2.75) is 0 Å². The van der Waals surface area contributed by atoms with Gasteiger partial charge in [-0.05, 0) is 28.2 Å². The lowest BCUT2D eigenvalue weighted by Crippen LogP contribution is -2.22. The Morgan fingerprint density at radius 3 is 2.82 bits per heavy atom. The van der Waals surface area contributed by atoms with Crippen molar-refractivity contribution in [3.63, 3.8) is 0 Å². The van der Waals surface area contributed by atoms with E-state index in [-0.39, 0.29) is 16.5 Å². The summed E-state index contributed by atoms with van der Waals surface area (Å²) in [5.41, 5.74) is 7.75. The second-order valence-electron chi connectivity index (χ2n) is 4.18. The predicted molar refractivity (Wildman–Crippen MR) is 65.1 cm³/mol. The van der Waals surface area contributed by atoms with Crippen LogP contribution < -0.4 is 16.2 Å². The summed E-state index contributed by atoms with van der Waals surface area (Å²) < 4.78 is 0. The third-order valence-corrected chi connectivity index (χ3v) is 3.10. The van der Waals surface area contributed by atoms with Crippen LogP contribution in [0.3, 0.4) is 0 Å². The van der Waals surface area contributed by atoms with Gasteiger partial charge in [-0.2, -0.15) is 0 Å². The number of fused-ring (bicyclic) bond motifs is 2. The fraction of sp³-hybridized carbons (Fsp3) is 0.0769. The standard InChI is InChI=1S/C13H10N2O2/c14-10-1-3-12-8(6-10)5-9-7-11(15(16)17)2-4-13(9)12/h1-8H,14H2/t8-/m0/s1. The SMILES string of the molecule is NC1=C[C@@H]2C=c3cc([N+](=O)[O-])ccc3=C2C=C1. The largest absolute Gasteiger partial charge is 0.399 e. The molecule has 3 rings (SSSR count). The van der Waals surface area contributed by atoms with E-state index in [0.29, 0.717) is 0 Å². The van der Waals surface area contributed by atoms with Crippen LogP contribution in [-0.2, 0) is 0 Å². The maximum absolute atomic E-state index is 10.7. The van der Waals surface area contributed by atoms with Crippen molar-refractivity contribution in [2.75, 3.05) is 0 Å². The quantitative estimate of drug-likeness (QED) is 0.562. The van der Waals surface area contributed by atoms with Gasteiger partial charge < -0.3 is 5.73 Å². The van der Waals surface area contributed by atoms with Crippen LogP contribution in [0, 0.1) is 16.0 Å². The van der Waals surface area contributed by atoms with Crippen molar-refractivity contribution in [2.24, 2.45) is 11.7 Å². The molecule has 84 valence electrons. The zero-order valence-corrected chi connectivity index (χ0v) is 8.96. The highest BCUT2D eigenvalue weighted by Gasteiger charge is 2.18. The van der Waals surface area contributed by atoms with Crippen LogP contribution in [0.2, 0.25) is 0 Å². The summed E-state index contributed by atoms with van der Waals surface area (Å²) in [6.07, 6.45) is 7.81. The number of hydrogen-bond donors (Lipinski definition) is 1. The maximum Gasteiger partial charge on any atom is 0.270 e. The number of nitrogens with zero attached hydrogens (tertiary/aromatic N) is 1. The number of non-ortho nitro benzene ring substituents is 1. The summed E-state index contributed by atoms with van der Waals surface area (Å²) in [6.45, 7) is 0. The third kappa shape index (κ3) is 1.45. The molecule has 2 aliphatic rings. The number of benzene rings is 1. The summed E-state index contributed by atoms with van der Waals surface area (Å²) in [6, 6.07) is 4.95. The molecular formula is C13H10N2O2. The lowest BCUT2D eigenvalue weighted by atomic mass is 9.95. The molecule has 0 radical (unpaired) electrons. The van der Waals surface area contributed by atoms with Gasteiger partial charge in [0.1, 0.15) is 0 Å². The number of nitrogens with two attached hydrogens (primary N) is 1. The van der Waals surface area contributed by atoms with Crippen LogP contribution >= 0.6 is 0 Å². The average molecular weight is 226 g/mol. The van der Waals surface area contributed by atoms with E-state index in [2.05, 4.69) is 0 Å². The molecular weight excluding hydrogens is 216 g/mol. The number of nitro benzene ring substituents is 1. The van der Waals surface area contributed by atoms with E-state index in [0.717, 1.165) is 21.7 Å². The van der Waals surface area contributed by atoms with Gasteiger partial charge in [0, 0.05) is 23.7 Å². The Hall–Kier alpha value is -2.36. The zero-order chi connectivity index (χ0) is 12.0. The Bertz CT molecular complexity index is 699. The van der Waals surface area contributed by atoms with Crippen molar-refractivity contribution < 1.29 is 4.92 Å². The van der Waals surface area contributed by atoms with E-state index in [9.17, 15) is 10.1 Å². The molecule has 17 heavy (non-hydrogen) atoms. The summed E-state index contributed by atoms with van der Waals surface area (Å²) in [5.74, 6) is 0.150. The molecule has 0 saturated carbocycles. The Morgan fingerprint density at radius 2 is 2.06 bits per heavy atom. The highest BCUT2D eigenvalue weighted by Crippen LogP contribution is 2.24. The molecule has 0 amide bonds. The second-order valence-corrected chi connectivity index (χ2v) is 4.18. The molecule has 0 heterocycles. The first-order chi connectivity index (χ1) is 8.15. The van der Waals surface area contributed by atoms with Crippen LogP contribution in [0.25, 0.3) is 11.6 Å².